The Morgan fingerprint density at radius 1 is 1.29 bits per heavy atom. The third-order valence-electron chi connectivity index (χ3n) is 3.36. The molecule has 2 N–H and O–H groups in total. The summed E-state index contributed by atoms with van der Waals surface area (Å²) in [6, 6.07) is 5.26. The molecule has 6 nitrogen and oxygen atoms in total. The Morgan fingerprint density at radius 2 is 2.05 bits per heavy atom. The predicted octanol–water partition coefficient (Wildman–Crippen LogP) is 1.20. The summed E-state index contributed by atoms with van der Waals surface area (Å²) >= 11 is 0. The highest BCUT2D eigenvalue weighted by Crippen LogP contribution is 2.27. The minimum atomic E-state index is -0.693. The zero-order chi connectivity index (χ0) is 15.4. The second-order valence-electron chi connectivity index (χ2n) is 4.96. The van der Waals surface area contributed by atoms with Crippen molar-refractivity contribution in [2.24, 2.45) is 0 Å². The van der Waals surface area contributed by atoms with Gasteiger partial charge in [0.2, 0.25) is 5.91 Å². The highest BCUT2D eigenvalue weighted by Gasteiger charge is 2.23. The van der Waals surface area contributed by atoms with E-state index in [0.717, 1.165) is 24.2 Å². The van der Waals surface area contributed by atoms with Gasteiger partial charge in [-0.25, -0.2) is 0 Å². The molecule has 2 rings (SSSR count). The number of nitrogens with zero attached hydrogens (tertiary/aromatic N) is 1. The summed E-state index contributed by atoms with van der Waals surface area (Å²) in [6.45, 7) is 4.76. The van der Waals surface area contributed by atoms with Gasteiger partial charge in [-0.15, -0.1) is 0 Å². The van der Waals surface area contributed by atoms with Crippen LogP contribution >= 0.6 is 0 Å². The van der Waals surface area contributed by atoms with Gasteiger partial charge in [0.15, 0.2) is 0 Å². The van der Waals surface area contributed by atoms with Gasteiger partial charge in [0.25, 0.3) is 0 Å². The van der Waals surface area contributed by atoms with Crippen LogP contribution in [-0.4, -0.2) is 30.8 Å². The molecule has 1 heterocycles. The normalized spacial score (nSPS) is 14.2. The summed E-state index contributed by atoms with van der Waals surface area (Å²) in [5.41, 5.74) is 2.28. The van der Waals surface area contributed by atoms with Crippen LogP contribution in [0, 0.1) is 6.92 Å². The number of likely N-dealkylation sites (N-methyl/N-ethyl adjacent to an activating group) is 1. The van der Waals surface area contributed by atoms with E-state index in [0.29, 0.717) is 18.7 Å². The number of aryl methyl sites for hydroxylation is 1. The molecule has 21 heavy (non-hydrogen) atoms. The predicted molar refractivity (Wildman–Crippen MR) is 80.1 cm³/mol. The van der Waals surface area contributed by atoms with E-state index in [1.165, 1.54) is 0 Å². The van der Waals surface area contributed by atoms with Crippen LogP contribution in [0.25, 0.3) is 0 Å². The molecule has 0 aromatic heterocycles. The highest BCUT2D eigenvalue weighted by atomic mass is 16.2. The zero-order valence-electron chi connectivity index (χ0n) is 12.2. The van der Waals surface area contributed by atoms with Crippen molar-refractivity contribution >= 4 is 29.1 Å². The molecule has 1 aromatic carbocycles. The molecule has 6 heteroatoms. The zero-order valence-corrected chi connectivity index (χ0v) is 12.2. The van der Waals surface area contributed by atoms with E-state index < -0.39 is 11.8 Å². The van der Waals surface area contributed by atoms with Crippen LogP contribution in [0.3, 0.4) is 0 Å². The van der Waals surface area contributed by atoms with E-state index in [1.807, 2.05) is 6.92 Å². The number of hydrogen-bond donors (Lipinski definition) is 2. The van der Waals surface area contributed by atoms with E-state index in [2.05, 4.69) is 10.6 Å². The van der Waals surface area contributed by atoms with E-state index in [9.17, 15) is 14.4 Å². The molecule has 1 fully saturated rings. The van der Waals surface area contributed by atoms with Gasteiger partial charge in [-0.1, -0.05) is 0 Å². The number of benzene rings is 1. The van der Waals surface area contributed by atoms with E-state index in [1.54, 1.807) is 30.0 Å². The van der Waals surface area contributed by atoms with Crippen LogP contribution in [0.5, 0.6) is 0 Å². The standard InChI is InChI=1S/C15H19N3O3/c1-3-16-14(20)15(21)17-11-6-7-12(10(2)9-11)18-8-4-5-13(18)19/h6-7,9H,3-5,8H2,1-2H3,(H,16,20)(H,17,21). The molecule has 1 aromatic rings. The fourth-order valence-electron chi connectivity index (χ4n) is 2.37. The second-order valence-corrected chi connectivity index (χ2v) is 4.96. The molecule has 112 valence electrons. The lowest BCUT2D eigenvalue weighted by atomic mass is 10.1. The van der Waals surface area contributed by atoms with Gasteiger partial charge in [-0.2, -0.15) is 0 Å². The first-order valence-electron chi connectivity index (χ1n) is 7.03. The molecule has 0 saturated carbocycles. The van der Waals surface area contributed by atoms with Crippen molar-refractivity contribution in [3.05, 3.63) is 23.8 Å². The number of carbonyl (C=O) groups is 3. The molecule has 1 aliphatic heterocycles. The lowest BCUT2D eigenvalue weighted by Gasteiger charge is -2.19. The number of anilines is 2. The van der Waals surface area contributed by atoms with Crippen LogP contribution in [0.15, 0.2) is 18.2 Å². The fourth-order valence-corrected chi connectivity index (χ4v) is 2.37. The first kappa shape index (κ1) is 15.0. The summed E-state index contributed by atoms with van der Waals surface area (Å²) in [5.74, 6) is -1.23. The monoisotopic (exact) mass is 289 g/mol. The van der Waals surface area contributed by atoms with Crippen LogP contribution in [0.4, 0.5) is 11.4 Å². The molecular formula is C15H19N3O3. The number of hydrogen-bond acceptors (Lipinski definition) is 3. The SMILES string of the molecule is CCNC(=O)C(=O)Nc1ccc(N2CCCC2=O)c(C)c1. The van der Waals surface area contributed by atoms with Crippen molar-refractivity contribution in [3.63, 3.8) is 0 Å². The van der Waals surface area contributed by atoms with Crippen molar-refractivity contribution in [1.82, 2.24) is 5.32 Å². The Labute approximate surface area is 123 Å². The number of carbonyl (C=O) groups excluding carboxylic acids is 3. The molecule has 0 radical (unpaired) electrons. The van der Waals surface area contributed by atoms with Gasteiger partial charge >= 0.3 is 11.8 Å². The fraction of sp³-hybridized carbons (Fsp3) is 0.400. The molecule has 0 atom stereocenters. The van der Waals surface area contributed by atoms with Crippen LogP contribution in [0.1, 0.15) is 25.3 Å². The maximum atomic E-state index is 11.8. The lowest BCUT2D eigenvalue weighted by Crippen LogP contribution is -2.35. The Bertz CT molecular complexity index is 584. The van der Waals surface area contributed by atoms with Crippen molar-refractivity contribution in [1.29, 1.82) is 0 Å². The van der Waals surface area contributed by atoms with Gasteiger partial charge in [0.05, 0.1) is 0 Å². The van der Waals surface area contributed by atoms with Crippen LogP contribution in [-0.2, 0) is 14.4 Å². The van der Waals surface area contributed by atoms with Gasteiger partial charge < -0.3 is 15.5 Å². The van der Waals surface area contributed by atoms with E-state index in [4.69, 9.17) is 0 Å². The Hall–Kier alpha value is -2.37. The molecular weight excluding hydrogens is 270 g/mol. The first-order chi connectivity index (χ1) is 10.0. The van der Waals surface area contributed by atoms with Crippen LogP contribution < -0.4 is 15.5 Å². The van der Waals surface area contributed by atoms with Crippen molar-refractivity contribution < 1.29 is 14.4 Å². The molecule has 1 saturated heterocycles. The minimum Gasteiger partial charge on any atom is -0.348 e. The molecule has 0 unspecified atom stereocenters. The Morgan fingerprint density at radius 3 is 2.62 bits per heavy atom. The summed E-state index contributed by atoms with van der Waals surface area (Å²) in [6.07, 6.45) is 1.45. The maximum absolute atomic E-state index is 11.8. The van der Waals surface area contributed by atoms with Gasteiger partial charge in [-0.05, 0) is 44.0 Å². The highest BCUT2D eigenvalue weighted by molar-refractivity contribution is 6.39. The molecule has 0 spiro atoms. The van der Waals surface area contributed by atoms with Crippen molar-refractivity contribution in [2.75, 3.05) is 23.3 Å². The van der Waals surface area contributed by atoms with Crippen molar-refractivity contribution in [2.45, 2.75) is 26.7 Å². The topological polar surface area (TPSA) is 78.5 Å². The van der Waals surface area contributed by atoms with Gasteiger partial charge in [0.1, 0.15) is 0 Å². The minimum absolute atomic E-state index is 0.122. The molecule has 0 aliphatic carbocycles. The summed E-state index contributed by atoms with van der Waals surface area (Å²) in [4.78, 5) is 36.5. The van der Waals surface area contributed by atoms with Crippen LogP contribution in [0.2, 0.25) is 0 Å². The van der Waals surface area contributed by atoms with Crippen molar-refractivity contribution in [3.8, 4) is 0 Å². The summed E-state index contributed by atoms with van der Waals surface area (Å²) in [5, 5.41) is 4.98. The van der Waals surface area contributed by atoms with E-state index >= 15 is 0 Å². The largest absolute Gasteiger partial charge is 0.348 e. The summed E-state index contributed by atoms with van der Waals surface area (Å²) in [7, 11) is 0. The lowest BCUT2D eigenvalue weighted by molar-refractivity contribution is -0.136. The third kappa shape index (κ3) is 3.39. The number of amides is 3. The molecule has 1 aliphatic rings. The Balaban J connectivity index is 2.10. The molecule has 0 bridgehead atoms. The first-order valence-corrected chi connectivity index (χ1v) is 7.03. The number of rotatable bonds is 3. The third-order valence-corrected chi connectivity index (χ3v) is 3.36. The van der Waals surface area contributed by atoms with E-state index in [-0.39, 0.29) is 5.91 Å². The summed E-state index contributed by atoms with van der Waals surface area (Å²) < 4.78 is 0. The van der Waals surface area contributed by atoms with Gasteiger partial charge in [-0.3, -0.25) is 14.4 Å². The maximum Gasteiger partial charge on any atom is 0.313 e. The Kier molecular flexibility index (Phi) is 4.57. The smallest absolute Gasteiger partial charge is 0.313 e. The quantitative estimate of drug-likeness (QED) is 0.821. The number of nitrogens with one attached hydrogen (secondary N) is 2. The van der Waals surface area contributed by atoms with Gasteiger partial charge in [0, 0.05) is 30.9 Å². The second kappa shape index (κ2) is 6.39. The average molecular weight is 289 g/mol. The average Bonchev–Trinajstić information content (AvgIpc) is 2.85. The molecule has 3 amide bonds.